The Labute approximate surface area is 125 Å². The Hall–Kier alpha value is -2.20. The molecule has 0 aliphatic carbocycles. The summed E-state index contributed by atoms with van der Waals surface area (Å²) in [4.78, 5) is 18.4. The Kier molecular flexibility index (Phi) is 5.46. The van der Waals surface area contributed by atoms with Gasteiger partial charge in [-0.3, -0.25) is 9.78 Å². The van der Waals surface area contributed by atoms with Crippen LogP contribution in [-0.4, -0.2) is 29.4 Å². The van der Waals surface area contributed by atoms with E-state index in [0.29, 0.717) is 19.6 Å². The second-order valence-electron chi connectivity index (χ2n) is 5.09. The van der Waals surface area contributed by atoms with Crippen LogP contribution in [0, 0.1) is 6.92 Å². The molecule has 0 radical (unpaired) electrons. The number of pyridine rings is 1. The fourth-order valence-electron chi connectivity index (χ4n) is 2.21. The molecule has 21 heavy (non-hydrogen) atoms. The highest BCUT2D eigenvalue weighted by molar-refractivity contribution is 5.78. The summed E-state index contributed by atoms with van der Waals surface area (Å²) in [7, 11) is 1.78. The van der Waals surface area contributed by atoms with Gasteiger partial charge in [-0.25, -0.2) is 0 Å². The van der Waals surface area contributed by atoms with E-state index in [4.69, 9.17) is 0 Å². The van der Waals surface area contributed by atoms with Crippen LogP contribution < -0.4 is 5.32 Å². The van der Waals surface area contributed by atoms with Gasteiger partial charge in [0.1, 0.15) is 0 Å². The number of rotatable bonds is 6. The standard InChI is InChI=1S/C17H21N3O/c1-14-6-5-7-15(10-14)12-20(17(21)11-18-2)13-16-8-3-4-9-19-16/h3-10,18H,11-13H2,1-2H3. The molecule has 0 spiro atoms. The van der Waals surface area contributed by atoms with Crippen LogP contribution in [0.2, 0.25) is 0 Å². The molecule has 2 aromatic rings. The van der Waals surface area contributed by atoms with Gasteiger partial charge in [0.25, 0.3) is 0 Å². The van der Waals surface area contributed by atoms with Gasteiger partial charge in [-0.15, -0.1) is 0 Å². The molecule has 110 valence electrons. The highest BCUT2D eigenvalue weighted by Crippen LogP contribution is 2.10. The SMILES string of the molecule is CNCC(=O)N(Cc1cccc(C)c1)Cc1ccccn1. The van der Waals surface area contributed by atoms with E-state index in [1.54, 1.807) is 13.2 Å². The molecule has 0 fully saturated rings. The van der Waals surface area contributed by atoms with Crippen molar-refractivity contribution in [3.63, 3.8) is 0 Å². The summed E-state index contributed by atoms with van der Waals surface area (Å²) >= 11 is 0. The number of aromatic nitrogens is 1. The van der Waals surface area contributed by atoms with Crippen LogP contribution >= 0.6 is 0 Å². The van der Waals surface area contributed by atoms with Gasteiger partial charge in [0, 0.05) is 12.7 Å². The first-order valence-corrected chi connectivity index (χ1v) is 7.07. The lowest BCUT2D eigenvalue weighted by atomic mass is 10.1. The summed E-state index contributed by atoms with van der Waals surface area (Å²) in [6.45, 7) is 3.51. The summed E-state index contributed by atoms with van der Waals surface area (Å²) in [5, 5.41) is 2.92. The van der Waals surface area contributed by atoms with Crippen molar-refractivity contribution in [3.05, 3.63) is 65.5 Å². The number of amides is 1. The monoisotopic (exact) mass is 283 g/mol. The van der Waals surface area contributed by atoms with Gasteiger partial charge >= 0.3 is 0 Å². The molecule has 0 saturated heterocycles. The molecule has 2 rings (SSSR count). The number of carbonyl (C=O) groups excluding carboxylic acids is 1. The van der Waals surface area contributed by atoms with E-state index in [9.17, 15) is 4.79 Å². The third-order valence-electron chi connectivity index (χ3n) is 3.22. The molecule has 1 amide bonds. The number of benzene rings is 1. The molecule has 0 atom stereocenters. The van der Waals surface area contributed by atoms with Crippen molar-refractivity contribution < 1.29 is 4.79 Å². The number of carbonyl (C=O) groups is 1. The lowest BCUT2D eigenvalue weighted by Gasteiger charge is -2.22. The number of nitrogens with zero attached hydrogens (tertiary/aromatic N) is 2. The Balaban J connectivity index is 2.14. The minimum Gasteiger partial charge on any atom is -0.331 e. The van der Waals surface area contributed by atoms with Crippen molar-refractivity contribution in [3.8, 4) is 0 Å². The van der Waals surface area contributed by atoms with Crippen LogP contribution in [0.3, 0.4) is 0 Å². The van der Waals surface area contributed by atoms with E-state index in [2.05, 4.69) is 29.4 Å². The Morgan fingerprint density at radius 3 is 2.71 bits per heavy atom. The van der Waals surface area contributed by atoms with Gasteiger partial charge in [-0.2, -0.15) is 0 Å². The molecule has 1 heterocycles. The third kappa shape index (κ3) is 4.68. The Morgan fingerprint density at radius 1 is 1.19 bits per heavy atom. The van der Waals surface area contributed by atoms with Gasteiger partial charge in [-0.05, 0) is 31.7 Å². The van der Waals surface area contributed by atoms with E-state index in [0.717, 1.165) is 11.3 Å². The van der Waals surface area contributed by atoms with Crippen LogP contribution in [0.4, 0.5) is 0 Å². The average molecular weight is 283 g/mol. The highest BCUT2D eigenvalue weighted by atomic mass is 16.2. The van der Waals surface area contributed by atoms with E-state index in [1.165, 1.54) is 5.56 Å². The normalized spacial score (nSPS) is 10.4. The summed E-state index contributed by atoms with van der Waals surface area (Å²) in [5.74, 6) is 0.0738. The van der Waals surface area contributed by atoms with Crippen LogP contribution in [0.1, 0.15) is 16.8 Å². The van der Waals surface area contributed by atoms with Gasteiger partial charge in [-0.1, -0.05) is 35.9 Å². The van der Waals surface area contributed by atoms with Crippen LogP contribution in [-0.2, 0) is 17.9 Å². The first-order valence-electron chi connectivity index (χ1n) is 7.07. The number of hydrogen-bond donors (Lipinski definition) is 1. The zero-order valence-electron chi connectivity index (χ0n) is 12.5. The van der Waals surface area contributed by atoms with E-state index in [-0.39, 0.29) is 5.91 Å². The summed E-state index contributed by atoms with van der Waals surface area (Å²) < 4.78 is 0. The number of hydrogen-bond acceptors (Lipinski definition) is 3. The molecule has 0 saturated carbocycles. The van der Waals surface area contributed by atoms with Crippen LogP contribution in [0.5, 0.6) is 0 Å². The van der Waals surface area contributed by atoms with Crippen LogP contribution in [0.25, 0.3) is 0 Å². The number of nitrogens with one attached hydrogen (secondary N) is 1. The third-order valence-corrected chi connectivity index (χ3v) is 3.22. The maximum Gasteiger partial charge on any atom is 0.237 e. The maximum atomic E-state index is 12.3. The fraction of sp³-hybridized carbons (Fsp3) is 0.294. The van der Waals surface area contributed by atoms with Crippen molar-refractivity contribution in [2.45, 2.75) is 20.0 Å². The summed E-state index contributed by atoms with van der Waals surface area (Å²) in [5.41, 5.74) is 3.23. The number of likely N-dealkylation sites (N-methyl/N-ethyl adjacent to an activating group) is 1. The van der Waals surface area contributed by atoms with Gasteiger partial charge < -0.3 is 10.2 Å². The van der Waals surface area contributed by atoms with Crippen molar-refractivity contribution in [1.82, 2.24) is 15.2 Å². The van der Waals surface area contributed by atoms with Crippen LogP contribution in [0.15, 0.2) is 48.7 Å². The molecule has 1 N–H and O–H groups in total. The Bertz CT molecular complexity index is 584. The summed E-state index contributed by atoms with van der Waals surface area (Å²) in [6, 6.07) is 14.0. The quantitative estimate of drug-likeness (QED) is 0.883. The minimum atomic E-state index is 0.0738. The van der Waals surface area contributed by atoms with E-state index >= 15 is 0 Å². The predicted octanol–water partition coefficient (Wildman–Crippen LogP) is 2.14. The molecular formula is C17H21N3O. The van der Waals surface area contributed by atoms with E-state index in [1.807, 2.05) is 35.2 Å². The molecule has 0 bridgehead atoms. The largest absolute Gasteiger partial charge is 0.331 e. The van der Waals surface area contributed by atoms with Crippen molar-refractivity contribution in [1.29, 1.82) is 0 Å². The number of aryl methyl sites for hydroxylation is 1. The second-order valence-corrected chi connectivity index (χ2v) is 5.09. The molecule has 4 nitrogen and oxygen atoms in total. The smallest absolute Gasteiger partial charge is 0.237 e. The van der Waals surface area contributed by atoms with Crippen molar-refractivity contribution >= 4 is 5.91 Å². The topological polar surface area (TPSA) is 45.2 Å². The Morgan fingerprint density at radius 2 is 2.05 bits per heavy atom. The first-order chi connectivity index (χ1) is 10.2. The second kappa shape index (κ2) is 7.55. The average Bonchev–Trinajstić information content (AvgIpc) is 2.48. The van der Waals surface area contributed by atoms with E-state index < -0.39 is 0 Å². The molecule has 1 aromatic heterocycles. The van der Waals surface area contributed by atoms with Gasteiger partial charge in [0.05, 0.1) is 18.8 Å². The fourth-order valence-corrected chi connectivity index (χ4v) is 2.21. The molecule has 0 unspecified atom stereocenters. The molecule has 1 aromatic carbocycles. The first kappa shape index (κ1) is 15.2. The molecule has 0 aliphatic heterocycles. The predicted molar refractivity (Wildman–Crippen MR) is 83.6 cm³/mol. The van der Waals surface area contributed by atoms with Gasteiger partial charge in [0.2, 0.25) is 5.91 Å². The lowest BCUT2D eigenvalue weighted by molar-refractivity contribution is -0.131. The zero-order chi connectivity index (χ0) is 15.1. The highest BCUT2D eigenvalue weighted by Gasteiger charge is 2.14. The minimum absolute atomic E-state index is 0.0738. The summed E-state index contributed by atoms with van der Waals surface area (Å²) in [6.07, 6.45) is 1.75. The molecule has 0 aliphatic rings. The zero-order valence-corrected chi connectivity index (χ0v) is 12.5. The lowest BCUT2D eigenvalue weighted by Crippen LogP contribution is -2.36. The maximum absolute atomic E-state index is 12.3. The van der Waals surface area contributed by atoms with Gasteiger partial charge in [0.15, 0.2) is 0 Å². The molecular weight excluding hydrogens is 262 g/mol. The van der Waals surface area contributed by atoms with Crippen molar-refractivity contribution in [2.24, 2.45) is 0 Å². The molecule has 4 heteroatoms. The van der Waals surface area contributed by atoms with Crippen molar-refractivity contribution in [2.75, 3.05) is 13.6 Å².